The highest BCUT2D eigenvalue weighted by molar-refractivity contribution is 5.88. The molecule has 0 bridgehead atoms. The summed E-state index contributed by atoms with van der Waals surface area (Å²) < 4.78 is 19.0. The Bertz CT molecular complexity index is 1990. The summed E-state index contributed by atoms with van der Waals surface area (Å²) in [6, 6.07) is 28.4. The Hall–Kier alpha value is -5.70. The molecule has 6 aromatic rings. The minimum Gasteiger partial charge on any atom is -0.490 e. The number of furan rings is 1. The average molecular weight is 560 g/mol. The zero-order chi connectivity index (χ0) is 29.1. The van der Waals surface area contributed by atoms with Gasteiger partial charge in [-0.05, 0) is 72.6 Å². The maximum atomic E-state index is 13.6. The van der Waals surface area contributed by atoms with Crippen molar-refractivity contribution in [2.75, 3.05) is 6.61 Å². The molecule has 0 fully saturated rings. The number of ether oxygens (including phenoxy) is 2. The SMILES string of the molecule is CCOc1cc(C=Nn2c(-c3cc4ccccc4o3)nc3ccccc3c2=O)ccc1OCc1cccc(C(=O)O)c1. The summed E-state index contributed by atoms with van der Waals surface area (Å²) in [5.41, 5.74) is 2.45. The number of benzene rings is 4. The van der Waals surface area contributed by atoms with E-state index in [0.717, 1.165) is 5.39 Å². The van der Waals surface area contributed by atoms with Crippen LogP contribution in [-0.2, 0) is 6.61 Å². The second-order valence-corrected chi connectivity index (χ2v) is 9.40. The van der Waals surface area contributed by atoms with Gasteiger partial charge in [-0.3, -0.25) is 4.79 Å². The van der Waals surface area contributed by atoms with Crippen LogP contribution < -0.4 is 15.0 Å². The lowest BCUT2D eigenvalue weighted by Gasteiger charge is -2.13. The first-order valence-electron chi connectivity index (χ1n) is 13.3. The van der Waals surface area contributed by atoms with Gasteiger partial charge in [0.1, 0.15) is 12.2 Å². The summed E-state index contributed by atoms with van der Waals surface area (Å²) in [5.74, 6) is 0.668. The molecule has 0 unspecified atom stereocenters. The van der Waals surface area contributed by atoms with Gasteiger partial charge in [0.15, 0.2) is 17.3 Å². The summed E-state index contributed by atoms with van der Waals surface area (Å²) in [5, 5.41) is 15.1. The van der Waals surface area contributed by atoms with Gasteiger partial charge >= 0.3 is 5.97 Å². The van der Waals surface area contributed by atoms with Crippen LogP contribution in [-0.4, -0.2) is 33.6 Å². The van der Waals surface area contributed by atoms with Gasteiger partial charge in [0.2, 0.25) is 5.82 Å². The average Bonchev–Trinajstić information content (AvgIpc) is 3.45. The number of hydrogen-bond acceptors (Lipinski definition) is 7. The molecule has 0 aliphatic rings. The van der Waals surface area contributed by atoms with Crippen LogP contribution in [0.2, 0.25) is 0 Å². The van der Waals surface area contributed by atoms with Gasteiger partial charge in [-0.25, -0.2) is 9.78 Å². The Labute approximate surface area is 239 Å². The first kappa shape index (κ1) is 26.5. The smallest absolute Gasteiger partial charge is 0.335 e. The molecule has 4 aromatic carbocycles. The van der Waals surface area contributed by atoms with Crippen molar-refractivity contribution in [3.63, 3.8) is 0 Å². The summed E-state index contributed by atoms with van der Waals surface area (Å²) in [4.78, 5) is 29.6. The van der Waals surface area contributed by atoms with E-state index in [4.69, 9.17) is 18.9 Å². The molecule has 1 N–H and O–H groups in total. The van der Waals surface area contributed by atoms with Crippen LogP contribution >= 0.6 is 0 Å². The predicted molar refractivity (Wildman–Crippen MR) is 160 cm³/mol. The van der Waals surface area contributed by atoms with E-state index in [2.05, 4.69) is 5.10 Å². The largest absolute Gasteiger partial charge is 0.490 e. The fourth-order valence-corrected chi connectivity index (χ4v) is 4.55. The number of aromatic nitrogens is 2. The standard InChI is InChI=1S/C33H25N3O6/c1-2-40-29-17-21(14-15-28(29)41-20-22-8-7-10-24(16-22)33(38)39)19-34-36-31(30-18-23-9-3-6-13-27(23)42-30)35-26-12-5-4-11-25(26)32(36)37/h3-19H,2,20H2,1H3,(H,38,39). The third-order valence-corrected chi connectivity index (χ3v) is 6.56. The number of aromatic carboxylic acids is 1. The van der Waals surface area contributed by atoms with E-state index < -0.39 is 5.97 Å². The molecule has 0 saturated carbocycles. The fourth-order valence-electron chi connectivity index (χ4n) is 4.55. The first-order chi connectivity index (χ1) is 20.5. The van der Waals surface area contributed by atoms with Gasteiger partial charge in [0, 0.05) is 5.39 Å². The highest BCUT2D eigenvalue weighted by Crippen LogP contribution is 2.30. The Balaban J connectivity index is 1.35. The second kappa shape index (κ2) is 11.4. The molecule has 0 radical (unpaired) electrons. The maximum absolute atomic E-state index is 13.6. The Kier molecular flexibility index (Phi) is 7.21. The molecule has 42 heavy (non-hydrogen) atoms. The maximum Gasteiger partial charge on any atom is 0.335 e. The Morgan fingerprint density at radius 3 is 2.62 bits per heavy atom. The number of para-hydroxylation sites is 2. The van der Waals surface area contributed by atoms with Gasteiger partial charge in [0.05, 0.1) is 29.3 Å². The Morgan fingerprint density at radius 1 is 0.952 bits per heavy atom. The van der Waals surface area contributed by atoms with Gasteiger partial charge in [-0.1, -0.05) is 42.5 Å². The topological polar surface area (TPSA) is 116 Å². The highest BCUT2D eigenvalue weighted by atomic mass is 16.5. The number of nitrogens with zero attached hydrogens (tertiary/aromatic N) is 3. The van der Waals surface area contributed by atoms with Crippen molar-refractivity contribution >= 4 is 34.1 Å². The van der Waals surface area contributed by atoms with Crippen molar-refractivity contribution in [1.82, 2.24) is 9.66 Å². The van der Waals surface area contributed by atoms with Gasteiger partial charge in [-0.2, -0.15) is 9.78 Å². The van der Waals surface area contributed by atoms with E-state index in [1.165, 1.54) is 10.7 Å². The summed E-state index contributed by atoms with van der Waals surface area (Å²) >= 11 is 0. The molecule has 208 valence electrons. The monoisotopic (exact) mass is 559 g/mol. The van der Waals surface area contributed by atoms with E-state index in [0.29, 0.717) is 51.5 Å². The molecule has 6 rings (SSSR count). The molecule has 2 aromatic heterocycles. The number of hydrogen-bond donors (Lipinski definition) is 1. The van der Waals surface area contributed by atoms with E-state index in [1.54, 1.807) is 60.8 Å². The van der Waals surface area contributed by atoms with Crippen LogP contribution in [0.5, 0.6) is 11.5 Å². The van der Waals surface area contributed by atoms with Crippen LogP contribution in [0.1, 0.15) is 28.4 Å². The molecule has 0 amide bonds. The number of carboxylic acids is 1. The predicted octanol–water partition coefficient (Wildman–Crippen LogP) is 6.37. The lowest BCUT2D eigenvalue weighted by atomic mass is 10.1. The molecule has 9 heteroatoms. The quantitative estimate of drug-likeness (QED) is 0.205. The lowest BCUT2D eigenvalue weighted by molar-refractivity contribution is 0.0696. The molecule has 0 aliphatic carbocycles. The lowest BCUT2D eigenvalue weighted by Crippen LogP contribution is -2.20. The first-order valence-corrected chi connectivity index (χ1v) is 13.3. The molecule has 0 atom stereocenters. The van der Waals surface area contributed by atoms with E-state index >= 15 is 0 Å². The van der Waals surface area contributed by atoms with Crippen molar-refractivity contribution in [2.24, 2.45) is 5.10 Å². The number of fused-ring (bicyclic) bond motifs is 2. The normalized spacial score (nSPS) is 11.4. The van der Waals surface area contributed by atoms with Crippen molar-refractivity contribution in [3.05, 3.63) is 124 Å². The van der Waals surface area contributed by atoms with Crippen LogP contribution in [0.25, 0.3) is 33.5 Å². The molecule has 2 heterocycles. The van der Waals surface area contributed by atoms with Crippen molar-refractivity contribution in [3.8, 4) is 23.1 Å². The molecule has 0 spiro atoms. The zero-order valence-corrected chi connectivity index (χ0v) is 22.6. The zero-order valence-electron chi connectivity index (χ0n) is 22.6. The third kappa shape index (κ3) is 5.35. The minimum atomic E-state index is -1.00. The van der Waals surface area contributed by atoms with Gasteiger partial charge < -0.3 is 19.0 Å². The second-order valence-electron chi connectivity index (χ2n) is 9.40. The van der Waals surface area contributed by atoms with Crippen LogP contribution in [0.4, 0.5) is 0 Å². The van der Waals surface area contributed by atoms with Crippen molar-refractivity contribution < 1.29 is 23.8 Å². The molecule has 0 aliphatic heterocycles. The summed E-state index contributed by atoms with van der Waals surface area (Å²) in [6.45, 7) is 2.42. The van der Waals surface area contributed by atoms with Crippen molar-refractivity contribution in [2.45, 2.75) is 13.5 Å². The molecular weight excluding hydrogens is 534 g/mol. The van der Waals surface area contributed by atoms with Gasteiger partial charge in [0.25, 0.3) is 5.56 Å². The molecule has 9 nitrogen and oxygen atoms in total. The summed E-state index contributed by atoms with van der Waals surface area (Å²) in [7, 11) is 0. The fraction of sp³-hybridized carbons (Fsp3) is 0.0909. The minimum absolute atomic E-state index is 0.160. The number of carboxylic acid groups (broad SMARTS) is 1. The number of rotatable bonds is 9. The van der Waals surface area contributed by atoms with Crippen LogP contribution in [0, 0.1) is 0 Å². The number of carbonyl (C=O) groups is 1. The van der Waals surface area contributed by atoms with E-state index in [9.17, 15) is 14.7 Å². The van der Waals surface area contributed by atoms with Crippen LogP contribution in [0.15, 0.2) is 111 Å². The van der Waals surface area contributed by atoms with Crippen LogP contribution in [0.3, 0.4) is 0 Å². The molecule has 0 saturated heterocycles. The van der Waals surface area contributed by atoms with Gasteiger partial charge in [-0.15, -0.1) is 0 Å². The third-order valence-electron chi connectivity index (χ3n) is 6.56. The van der Waals surface area contributed by atoms with E-state index in [1.807, 2.05) is 43.3 Å². The van der Waals surface area contributed by atoms with Crippen molar-refractivity contribution in [1.29, 1.82) is 0 Å². The Morgan fingerprint density at radius 2 is 1.79 bits per heavy atom. The molecular formula is C33H25N3O6. The summed E-state index contributed by atoms with van der Waals surface area (Å²) in [6.07, 6.45) is 1.55. The highest BCUT2D eigenvalue weighted by Gasteiger charge is 2.16. The van der Waals surface area contributed by atoms with E-state index in [-0.39, 0.29) is 23.6 Å².